The van der Waals surface area contributed by atoms with Crippen molar-refractivity contribution in [1.82, 2.24) is 19.8 Å². The molecule has 5 nitrogen and oxygen atoms in total. The molecule has 4 rings (SSSR count). The first kappa shape index (κ1) is 15.7. The maximum Gasteiger partial charge on any atom is 0.265 e. The topological polar surface area (TPSA) is 58.1 Å². The monoisotopic (exact) mass is 342 g/mol. The Morgan fingerprint density at radius 1 is 1.29 bits per heavy atom. The number of rotatable bonds is 4. The van der Waals surface area contributed by atoms with Gasteiger partial charge in [-0.25, -0.2) is 0 Å². The molecule has 6 heteroatoms. The summed E-state index contributed by atoms with van der Waals surface area (Å²) >= 11 is 1.19. The Kier molecular flexibility index (Phi) is 4.33. The second kappa shape index (κ2) is 6.61. The van der Waals surface area contributed by atoms with Crippen LogP contribution in [0.4, 0.5) is 0 Å². The molecule has 1 aromatic heterocycles. The molecule has 1 amide bonds. The largest absolute Gasteiger partial charge is 0.348 e. The van der Waals surface area contributed by atoms with Gasteiger partial charge in [-0.3, -0.25) is 9.69 Å². The van der Waals surface area contributed by atoms with E-state index in [-0.39, 0.29) is 11.9 Å². The number of aryl methyl sites for hydroxylation is 1. The van der Waals surface area contributed by atoms with E-state index in [0.717, 1.165) is 31.7 Å². The van der Waals surface area contributed by atoms with Crippen LogP contribution in [0.1, 0.15) is 33.8 Å². The van der Waals surface area contributed by atoms with Crippen molar-refractivity contribution < 1.29 is 4.79 Å². The van der Waals surface area contributed by atoms with Crippen molar-refractivity contribution in [2.24, 2.45) is 11.8 Å². The number of likely N-dealkylation sites (tertiary alicyclic amines) is 1. The molecule has 1 aliphatic heterocycles. The van der Waals surface area contributed by atoms with E-state index < -0.39 is 0 Å². The summed E-state index contributed by atoms with van der Waals surface area (Å²) in [5, 5.41) is 7.18. The normalized spacial score (nSPS) is 26.5. The van der Waals surface area contributed by atoms with Crippen LogP contribution in [0.15, 0.2) is 30.3 Å². The van der Waals surface area contributed by atoms with Crippen LogP contribution in [-0.2, 0) is 6.54 Å². The fourth-order valence-corrected chi connectivity index (χ4v) is 4.74. The zero-order chi connectivity index (χ0) is 16.5. The minimum atomic E-state index is -0.00495. The third kappa shape index (κ3) is 3.08. The van der Waals surface area contributed by atoms with Crippen LogP contribution >= 0.6 is 11.5 Å². The number of fused-ring (bicyclic) bond motifs is 1. The highest BCUT2D eigenvalue weighted by atomic mass is 32.1. The summed E-state index contributed by atoms with van der Waals surface area (Å²) in [4.78, 5) is 15.6. The zero-order valence-electron chi connectivity index (χ0n) is 13.8. The lowest BCUT2D eigenvalue weighted by Gasteiger charge is -2.21. The molecule has 2 aromatic rings. The minimum absolute atomic E-state index is 0.00495. The molecule has 3 atom stereocenters. The second-order valence-electron chi connectivity index (χ2n) is 6.95. The summed E-state index contributed by atoms with van der Waals surface area (Å²) in [6, 6.07) is 10.9. The highest BCUT2D eigenvalue weighted by molar-refractivity contribution is 7.08. The van der Waals surface area contributed by atoms with Crippen molar-refractivity contribution in [1.29, 1.82) is 0 Å². The first-order valence-electron chi connectivity index (χ1n) is 8.57. The summed E-state index contributed by atoms with van der Waals surface area (Å²) in [6.45, 7) is 5.07. The van der Waals surface area contributed by atoms with E-state index in [2.05, 4.69) is 50.1 Å². The number of hydrogen-bond acceptors (Lipinski definition) is 5. The Labute approximate surface area is 146 Å². The Bertz CT molecular complexity index is 717. The number of nitrogens with zero attached hydrogens (tertiary/aromatic N) is 3. The fourth-order valence-electron chi connectivity index (χ4n) is 4.18. The molecule has 1 N–H and O–H groups in total. The van der Waals surface area contributed by atoms with Gasteiger partial charge in [0, 0.05) is 25.7 Å². The quantitative estimate of drug-likeness (QED) is 0.927. The van der Waals surface area contributed by atoms with Gasteiger partial charge >= 0.3 is 0 Å². The van der Waals surface area contributed by atoms with Gasteiger partial charge < -0.3 is 5.32 Å². The average Bonchev–Trinajstić information content (AvgIpc) is 3.26. The maximum atomic E-state index is 12.4. The van der Waals surface area contributed by atoms with Crippen LogP contribution in [0.5, 0.6) is 0 Å². The van der Waals surface area contributed by atoms with Crippen LogP contribution in [0.25, 0.3) is 0 Å². The molecule has 0 spiro atoms. The minimum Gasteiger partial charge on any atom is -0.348 e. The number of nitrogens with one attached hydrogen (secondary N) is 1. The predicted molar refractivity (Wildman–Crippen MR) is 93.8 cm³/mol. The first-order valence-corrected chi connectivity index (χ1v) is 9.34. The summed E-state index contributed by atoms with van der Waals surface area (Å²) < 4.78 is 3.87. The Morgan fingerprint density at radius 2 is 2.12 bits per heavy atom. The standard InChI is InChI=1S/C18H22N4OS/c1-12-17(24-21-20-12)18(23)19-16-8-7-14-10-22(11-15(14)16)9-13-5-3-2-4-6-13/h2-6,14-16H,7-11H2,1H3,(H,19,23)/t14-,15+,16-/m1/s1. The summed E-state index contributed by atoms with van der Waals surface area (Å²) in [5.74, 6) is 1.27. The summed E-state index contributed by atoms with van der Waals surface area (Å²) in [6.07, 6.45) is 2.30. The van der Waals surface area contributed by atoms with E-state index in [4.69, 9.17) is 0 Å². The van der Waals surface area contributed by atoms with Crippen molar-refractivity contribution in [2.45, 2.75) is 32.4 Å². The summed E-state index contributed by atoms with van der Waals surface area (Å²) in [5.41, 5.74) is 2.09. The molecule has 1 aliphatic carbocycles. The molecular weight excluding hydrogens is 320 g/mol. The lowest BCUT2D eigenvalue weighted by Crippen LogP contribution is -2.39. The molecule has 24 heavy (non-hydrogen) atoms. The highest BCUT2D eigenvalue weighted by Crippen LogP contribution is 2.38. The molecule has 1 aromatic carbocycles. The van der Waals surface area contributed by atoms with Crippen molar-refractivity contribution in [3.05, 3.63) is 46.5 Å². The molecule has 1 saturated heterocycles. The first-order chi connectivity index (χ1) is 11.7. The number of amides is 1. The maximum absolute atomic E-state index is 12.4. The molecule has 2 fully saturated rings. The number of hydrogen-bond donors (Lipinski definition) is 1. The van der Waals surface area contributed by atoms with Crippen LogP contribution in [-0.4, -0.2) is 39.5 Å². The second-order valence-corrected chi connectivity index (χ2v) is 7.70. The molecule has 2 heterocycles. The molecule has 1 saturated carbocycles. The van der Waals surface area contributed by atoms with Crippen molar-refractivity contribution in [2.75, 3.05) is 13.1 Å². The summed E-state index contributed by atoms with van der Waals surface area (Å²) in [7, 11) is 0. The van der Waals surface area contributed by atoms with Gasteiger partial charge in [0.25, 0.3) is 5.91 Å². The van der Waals surface area contributed by atoms with E-state index in [1.165, 1.54) is 23.5 Å². The van der Waals surface area contributed by atoms with E-state index in [9.17, 15) is 4.79 Å². The molecule has 0 unspecified atom stereocenters. The van der Waals surface area contributed by atoms with Crippen molar-refractivity contribution in [3.8, 4) is 0 Å². The highest BCUT2D eigenvalue weighted by Gasteiger charge is 2.43. The number of carbonyl (C=O) groups excluding carboxylic acids is 1. The Balaban J connectivity index is 1.38. The average molecular weight is 342 g/mol. The van der Waals surface area contributed by atoms with Crippen molar-refractivity contribution >= 4 is 17.4 Å². The third-order valence-corrected chi connectivity index (χ3v) is 6.18. The third-order valence-electron chi connectivity index (χ3n) is 5.36. The number of benzene rings is 1. The van der Waals surface area contributed by atoms with E-state index in [1.54, 1.807) is 0 Å². The van der Waals surface area contributed by atoms with Gasteiger partial charge in [0.2, 0.25) is 0 Å². The van der Waals surface area contributed by atoms with Crippen LogP contribution in [0.3, 0.4) is 0 Å². The number of carbonyl (C=O) groups is 1. The Hall–Kier alpha value is -1.79. The molecule has 0 radical (unpaired) electrons. The SMILES string of the molecule is Cc1nnsc1C(=O)N[C@@H]1CC[C@@H]2CN(Cc3ccccc3)C[C@@H]21. The molecule has 2 aliphatic rings. The van der Waals surface area contributed by atoms with Crippen LogP contribution in [0, 0.1) is 18.8 Å². The smallest absolute Gasteiger partial charge is 0.265 e. The van der Waals surface area contributed by atoms with Crippen LogP contribution < -0.4 is 5.32 Å². The van der Waals surface area contributed by atoms with Gasteiger partial charge in [-0.15, -0.1) is 5.10 Å². The van der Waals surface area contributed by atoms with Crippen molar-refractivity contribution in [3.63, 3.8) is 0 Å². The predicted octanol–water partition coefficient (Wildman–Crippen LogP) is 2.49. The van der Waals surface area contributed by atoms with E-state index in [1.807, 2.05) is 6.92 Å². The molecular formula is C18H22N4OS. The molecule has 0 bridgehead atoms. The number of aromatic nitrogens is 2. The lowest BCUT2D eigenvalue weighted by atomic mass is 9.98. The molecule has 126 valence electrons. The van der Waals surface area contributed by atoms with Gasteiger partial charge in [0.05, 0.1) is 5.69 Å². The van der Waals surface area contributed by atoms with Gasteiger partial charge in [-0.2, -0.15) is 0 Å². The van der Waals surface area contributed by atoms with Gasteiger partial charge in [0.1, 0.15) is 4.88 Å². The van der Waals surface area contributed by atoms with E-state index in [0.29, 0.717) is 16.7 Å². The Morgan fingerprint density at radius 3 is 2.88 bits per heavy atom. The lowest BCUT2D eigenvalue weighted by molar-refractivity contribution is 0.0929. The van der Waals surface area contributed by atoms with Crippen LogP contribution in [0.2, 0.25) is 0 Å². The van der Waals surface area contributed by atoms with Gasteiger partial charge in [-0.1, -0.05) is 34.8 Å². The van der Waals surface area contributed by atoms with E-state index >= 15 is 0 Å². The fraction of sp³-hybridized carbons (Fsp3) is 0.500. The zero-order valence-corrected chi connectivity index (χ0v) is 14.6. The van der Waals surface area contributed by atoms with Gasteiger partial charge in [0.15, 0.2) is 0 Å². The van der Waals surface area contributed by atoms with Gasteiger partial charge in [-0.05, 0) is 48.7 Å².